The Labute approximate surface area is 236 Å². The first kappa shape index (κ1) is 27.7. The average molecular weight is 556 g/mol. The number of halogens is 1. The maximum absolute atomic E-state index is 13.2. The Bertz CT molecular complexity index is 1490. The molecule has 39 heavy (non-hydrogen) atoms. The second-order valence-electron chi connectivity index (χ2n) is 8.56. The molecule has 0 heterocycles. The molecule has 0 aromatic heterocycles. The number of thioether (sulfide) groups is 1. The van der Waals surface area contributed by atoms with E-state index in [1.807, 2.05) is 49.4 Å². The first-order valence-corrected chi connectivity index (χ1v) is 13.5. The molecule has 0 unspecified atom stereocenters. The predicted molar refractivity (Wildman–Crippen MR) is 159 cm³/mol. The minimum absolute atomic E-state index is 0.121. The van der Waals surface area contributed by atoms with E-state index < -0.39 is 5.91 Å². The van der Waals surface area contributed by atoms with Gasteiger partial charge in [-0.15, -0.1) is 11.8 Å². The van der Waals surface area contributed by atoms with Gasteiger partial charge in [0, 0.05) is 26.9 Å². The largest absolute Gasteiger partial charge is 0.325 e. The van der Waals surface area contributed by atoms with Crippen molar-refractivity contribution in [2.75, 3.05) is 16.4 Å². The summed E-state index contributed by atoms with van der Waals surface area (Å²) in [5, 5.41) is 9.02. The van der Waals surface area contributed by atoms with E-state index in [0.717, 1.165) is 16.0 Å². The highest BCUT2D eigenvalue weighted by molar-refractivity contribution is 8.00. The van der Waals surface area contributed by atoms with Gasteiger partial charge in [0.25, 0.3) is 11.8 Å². The highest BCUT2D eigenvalue weighted by Crippen LogP contribution is 2.22. The van der Waals surface area contributed by atoms with Crippen LogP contribution >= 0.6 is 23.4 Å². The molecule has 0 spiro atoms. The summed E-state index contributed by atoms with van der Waals surface area (Å²) < 4.78 is 0. The van der Waals surface area contributed by atoms with E-state index in [1.165, 1.54) is 11.8 Å². The monoisotopic (exact) mass is 555 g/mol. The molecule has 0 aliphatic heterocycles. The zero-order valence-electron chi connectivity index (χ0n) is 21.1. The van der Waals surface area contributed by atoms with Crippen molar-refractivity contribution in [2.24, 2.45) is 0 Å². The van der Waals surface area contributed by atoms with Crippen LogP contribution in [0.25, 0.3) is 6.08 Å². The molecule has 8 heteroatoms. The zero-order chi connectivity index (χ0) is 27.6. The zero-order valence-corrected chi connectivity index (χ0v) is 22.7. The highest BCUT2D eigenvalue weighted by atomic mass is 35.5. The molecule has 0 aliphatic rings. The molecule has 0 saturated heterocycles. The third kappa shape index (κ3) is 8.33. The van der Waals surface area contributed by atoms with Gasteiger partial charge < -0.3 is 16.0 Å². The third-order valence-corrected chi connectivity index (χ3v) is 6.89. The molecular weight excluding hydrogens is 530 g/mol. The normalized spacial score (nSPS) is 11.0. The summed E-state index contributed by atoms with van der Waals surface area (Å²) in [7, 11) is 0. The van der Waals surface area contributed by atoms with Gasteiger partial charge in [0.2, 0.25) is 5.91 Å². The van der Waals surface area contributed by atoms with Crippen LogP contribution in [0.3, 0.4) is 0 Å². The maximum Gasteiger partial charge on any atom is 0.272 e. The van der Waals surface area contributed by atoms with E-state index in [2.05, 4.69) is 16.0 Å². The Morgan fingerprint density at radius 3 is 2.08 bits per heavy atom. The van der Waals surface area contributed by atoms with Crippen LogP contribution in [-0.4, -0.2) is 23.5 Å². The summed E-state index contributed by atoms with van der Waals surface area (Å²) in [6.07, 6.45) is 1.66. The lowest BCUT2D eigenvalue weighted by atomic mass is 10.1. The molecule has 0 radical (unpaired) electrons. The summed E-state index contributed by atoms with van der Waals surface area (Å²) in [4.78, 5) is 39.2. The van der Waals surface area contributed by atoms with Gasteiger partial charge in [0.15, 0.2) is 0 Å². The van der Waals surface area contributed by atoms with Crippen molar-refractivity contribution in [3.8, 4) is 0 Å². The standard InChI is InChI=1S/C31H26ClN3O3S/c1-21-7-5-6-10-23(21)19-28(35-30(37)22-8-3-2-4-9-22)31(38)34-26-15-17-27(18-16-26)39-20-29(36)33-25-13-11-24(32)12-14-25/h2-19H,20H2,1H3,(H,33,36)(H,34,38)(H,35,37)/b28-19-. The fourth-order valence-corrected chi connectivity index (χ4v) is 4.38. The number of aryl methyl sites for hydroxylation is 1. The van der Waals surface area contributed by atoms with Crippen molar-refractivity contribution in [3.63, 3.8) is 0 Å². The Morgan fingerprint density at radius 2 is 1.38 bits per heavy atom. The highest BCUT2D eigenvalue weighted by Gasteiger charge is 2.15. The van der Waals surface area contributed by atoms with E-state index in [1.54, 1.807) is 66.7 Å². The Balaban J connectivity index is 1.40. The van der Waals surface area contributed by atoms with Crippen LogP contribution in [0.15, 0.2) is 114 Å². The van der Waals surface area contributed by atoms with Crippen LogP contribution in [0.1, 0.15) is 21.5 Å². The fourth-order valence-electron chi connectivity index (χ4n) is 3.56. The van der Waals surface area contributed by atoms with E-state index in [-0.39, 0.29) is 23.3 Å². The lowest BCUT2D eigenvalue weighted by molar-refractivity contribution is -0.114. The van der Waals surface area contributed by atoms with Crippen LogP contribution in [0.4, 0.5) is 11.4 Å². The van der Waals surface area contributed by atoms with Gasteiger partial charge in [-0.05, 0) is 84.8 Å². The molecule has 3 N–H and O–H groups in total. The lowest BCUT2D eigenvalue weighted by Gasteiger charge is -2.12. The number of rotatable bonds is 9. The summed E-state index contributed by atoms with van der Waals surface area (Å²) in [5.41, 5.74) is 3.59. The number of hydrogen-bond donors (Lipinski definition) is 3. The summed E-state index contributed by atoms with van der Waals surface area (Å²) in [6.45, 7) is 1.94. The smallest absolute Gasteiger partial charge is 0.272 e. The van der Waals surface area contributed by atoms with Gasteiger partial charge in [-0.2, -0.15) is 0 Å². The van der Waals surface area contributed by atoms with Crippen molar-refractivity contribution in [1.29, 1.82) is 0 Å². The van der Waals surface area contributed by atoms with Crippen molar-refractivity contribution < 1.29 is 14.4 Å². The molecule has 4 aromatic carbocycles. The first-order valence-electron chi connectivity index (χ1n) is 12.1. The van der Waals surface area contributed by atoms with Crippen LogP contribution < -0.4 is 16.0 Å². The second kappa shape index (κ2) is 13.5. The molecule has 4 rings (SSSR count). The molecule has 0 fully saturated rings. The van der Waals surface area contributed by atoms with Gasteiger partial charge in [-0.3, -0.25) is 14.4 Å². The quantitative estimate of drug-likeness (QED) is 0.157. The summed E-state index contributed by atoms with van der Waals surface area (Å²) in [5.74, 6) is -0.747. The number of hydrogen-bond acceptors (Lipinski definition) is 4. The number of amides is 3. The van der Waals surface area contributed by atoms with Crippen LogP contribution in [0, 0.1) is 6.92 Å². The number of carbonyl (C=O) groups is 3. The van der Waals surface area contributed by atoms with Gasteiger partial charge >= 0.3 is 0 Å². The first-order chi connectivity index (χ1) is 18.9. The molecule has 196 valence electrons. The van der Waals surface area contributed by atoms with Crippen molar-refractivity contribution in [3.05, 3.63) is 131 Å². The van der Waals surface area contributed by atoms with Crippen LogP contribution in [-0.2, 0) is 9.59 Å². The summed E-state index contributed by atoms with van der Waals surface area (Å²) >= 11 is 7.25. The SMILES string of the molecule is Cc1ccccc1/C=C(\NC(=O)c1ccccc1)C(=O)Nc1ccc(SCC(=O)Nc2ccc(Cl)cc2)cc1. The third-order valence-electron chi connectivity index (χ3n) is 5.63. The predicted octanol–water partition coefficient (Wildman–Crippen LogP) is 6.79. The van der Waals surface area contributed by atoms with Crippen LogP contribution in [0.5, 0.6) is 0 Å². The molecule has 4 aromatic rings. The molecule has 6 nitrogen and oxygen atoms in total. The van der Waals surface area contributed by atoms with Gasteiger partial charge in [0.1, 0.15) is 5.70 Å². The van der Waals surface area contributed by atoms with E-state index in [0.29, 0.717) is 22.0 Å². The lowest BCUT2D eigenvalue weighted by Crippen LogP contribution is -2.30. The molecule has 3 amide bonds. The van der Waals surface area contributed by atoms with E-state index in [4.69, 9.17) is 11.6 Å². The summed E-state index contributed by atoms with van der Waals surface area (Å²) in [6, 6.07) is 30.4. The van der Waals surface area contributed by atoms with E-state index >= 15 is 0 Å². The maximum atomic E-state index is 13.2. The topological polar surface area (TPSA) is 87.3 Å². The van der Waals surface area contributed by atoms with E-state index in [9.17, 15) is 14.4 Å². The van der Waals surface area contributed by atoms with Crippen molar-refractivity contribution in [2.45, 2.75) is 11.8 Å². The van der Waals surface area contributed by atoms with Gasteiger partial charge in [0.05, 0.1) is 5.75 Å². The minimum atomic E-state index is -0.453. The van der Waals surface area contributed by atoms with Gasteiger partial charge in [-0.25, -0.2) is 0 Å². The molecular formula is C31H26ClN3O3S. The molecule has 0 saturated carbocycles. The molecule has 0 aliphatic carbocycles. The second-order valence-corrected chi connectivity index (χ2v) is 10.0. The minimum Gasteiger partial charge on any atom is -0.325 e. The number of anilines is 2. The average Bonchev–Trinajstić information content (AvgIpc) is 2.95. The van der Waals surface area contributed by atoms with Crippen LogP contribution in [0.2, 0.25) is 5.02 Å². The molecule has 0 atom stereocenters. The fraction of sp³-hybridized carbons (Fsp3) is 0.0645. The Kier molecular flexibility index (Phi) is 9.56. The number of nitrogens with one attached hydrogen (secondary N) is 3. The molecule has 0 bridgehead atoms. The number of carbonyl (C=O) groups excluding carboxylic acids is 3. The Hall–Kier alpha value is -4.33. The Morgan fingerprint density at radius 1 is 0.769 bits per heavy atom. The number of benzene rings is 4. The van der Waals surface area contributed by atoms with Gasteiger partial charge in [-0.1, -0.05) is 54.1 Å². The van der Waals surface area contributed by atoms with Crippen molar-refractivity contribution in [1.82, 2.24) is 5.32 Å². The van der Waals surface area contributed by atoms with Crippen molar-refractivity contribution >= 4 is 58.5 Å².